The summed E-state index contributed by atoms with van der Waals surface area (Å²) in [6, 6.07) is 0.539. The molecule has 3 saturated heterocycles. The van der Waals surface area contributed by atoms with E-state index < -0.39 is 0 Å². The molecule has 0 unspecified atom stereocenters. The van der Waals surface area contributed by atoms with Crippen LogP contribution in [0.5, 0.6) is 0 Å². The Balaban J connectivity index is 1.89. The van der Waals surface area contributed by atoms with Crippen molar-refractivity contribution in [3.63, 3.8) is 0 Å². The van der Waals surface area contributed by atoms with Crippen molar-refractivity contribution in [2.24, 2.45) is 0 Å². The lowest BCUT2D eigenvalue weighted by molar-refractivity contribution is 0.0839. The van der Waals surface area contributed by atoms with E-state index >= 15 is 0 Å². The Morgan fingerprint density at radius 3 is 3.36 bits per heavy atom. The molecule has 62 valence electrons. The van der Waals surface area contributed by atoms with Crippen LogP contribution in [-0.4, -0.2) is 47.4 Å². The van der Waals surface area contributed by atoms with Crippen molar-refractivity contribution in [3.05, 3.63) is 0 Å². The van der Waals surface area contributed by atoms with Crippen LogP contribution in [-0.2, 0) is 4.74 Å². The molecule has 0 saturated carbocycles. The number of hydrogen-bond acceptors (Lipinski definition) is 3. The lowest BCUT2D eigenvalue weighted by atomic mass is 9.99. The highest BCUT2D eigenvalue weighted by atomic mass is 16.6. The van der Waals surface area contributed by atoms with Crippen LogP contribution in [0.25, 0.3) is 0 Å². The smallest absolute Gasteiger partial charge is 0.134 e. The number of nitrogens with zero attached hydrogens (tertiary/aromatic N) is 1. The lowest BCUT2D eigenvalue weighted by Crippen LogP contribution is -2.37. The van der Waals surface area contributed by atoms with Crippen LogP contribution in [0.4, 0.5) is 0 Å². The van der Waals surface area contributed by atoms with E-state index in [1.54, 1.807) is 0 Å². The highest BCUT2D eigenvalue weighted by Crippen LogP contribution is 2.51. The molecule has 3 heteroatoms. The van der Waals surface area contributed by atoms with E-state index in [1.165, 1.54) is 19.4 Å². The minimum atomic E-state index is -0.115. The second-order valence-electron chi connectivity index (χ2n) is 3.87. The van der Waals surface area contributed by atoms with Crippen LogP contribution >= 0.6 is 0 Å². The molecule has 3 nitrogen and oxygen atoms in total. The third-order valence-corrected chi connectivity index (χ3v) is 3.42. The summed E-state index contributed by atoms with van der Waals surface area (Å²) in [5.74, 6) is 0. The van der Waals surface area contributed by atoms with E-state index in [1.807, 2.05) is 0 Å². The van der Waals surface area contributed by atoms with Crippen molar-refractivity contribution in [2.45, 2.75) is 30.6 Å². The van der Waals surface area contributed by atoms with E-state index in [9.17, 15) is 0 Å². The molecule has 3 aliphatic heterocycles. The topological polar surface area (TPSA) is 36.0 Å². The Morgan fingerprint density at radius 2 is 2.55 bits per heavy atom. The molecule has 3 rings (SSSR count). The molecule has 0 amide bonds. The Morgan fingerprint density at radius 1 is 1.64 bits per heavy atom. The van der Waals surface area contributed by atoms with E-state index in [-0.39, 0.29) is 12.2 Å². The first-order chi connectivity index (χ1) is 5.37. The van der Waals surface area contributed by atoms with Gasteiger partial charge in [0.1, 0.15) is 11.7 Å². The van der Waals surface area contributed by atoms with Gasteiger partial charge in [0, 0.05) is 12.6 Å². The predicted molar refractivity (Wildman–Crippen MR) is 39.3 cm³/mol. The molecule has 3 fully saturated rings. The minimum Gasteiger partial charge on any atom is -0.393 e. The van der Waals surface area contributed by atoms with E-state index in [4.69, 9.17) is 9.84 Å². The predicted octanol–water partition coefficient (Wildman–Crippen LogP) is -0.406. The third kappa shape index (κ3) is 0.604. The van der Waals surface area contributed by atoms with Crippen LogP contribution in [0.15, 0.2) is 0 Å². The molecule has 3 atom stereocenters. The number of epoxide rings is 1. The van der Waals surface area contributed by atoms with Gasteiger partial charge in [-0.25, -0.2) is 0 Å². The molecule has 1 N–H and O–H groups in total. The zero-order valence-electron chi connectivity index (χ0n) is 6.49. The average molecular weight is 155 g/mol. The van der Waals surface area contributed by atoms with Crippen LogP contribution in [0.3, 0.4) is 0 Å². The van der Waals surface area contributed by atoms with Gasteiger partial charge < -0.3 is 9.84 Å². The summed E-state index contributed by atoms with van der Waals surface area (Å²) in [4.78, 5) is 2.46. The summed E-state index contributed by atoms with van der Waals surface area (Å²) in [5.41, 5.74) is -0.115. The molecule has 0 aromatic heterocycles. The van der Waals surface area contributed by atoms with Gasteiger partial charge in [-0.15, -0.1) is 0 Å². The zero-order valence-corrected chi connectivity index (χ0v) is 6.49. The number of rotatable bonds is 1. The van der Waals surface area contributed by atoms with Crippen molar-refractivity contribution in [3.8, 4) is 0 Å². The maximum Gasteiger partial charge on any atom is 0.134 e. The first-order valence-electron chi connectivity index (χ1n) is 4.39. The van der Waals surface area contributed by atoms with Crippen molar-refractivity contribution in [2.75, 3.05) is 19.7 Å². The summed E-state index contributed by atoms with van der Waals surface area (Å²) in [6.45, 7) is 2.50. The number of aliphatic hydroxyl groups is 1. The number of aliphatic hydroxyl groups excluding tert-OH is 1. The molecular formula is C8H13NO2. The standard InChI is InChI=1S/C8H13NO2/c10-5-8-6-2-1-3-9(6)4-7(8)11-8/h6-7,10H,1-5H2/t6-,7+,8-/m0/s1. The molecule has 3 heterocycles. The van der Waals surface area contributed by atoms with Crippen LogP contribution < -0.4 is 0 Å². The monoisotopic (exact) mass is 155 g/mol. The number of fused-ring (bicyclic) bond motifs is 3. The molecular weight excluding hydrogens is 142 g/mol. The molecule has 3 aliphatic rings. The Labute approximate surface area is 65.9 Å². The van der Waals surface area contributed by atoms with Gasteiger partial charge in [-0.3, -0.25) is 4.90 Å². The normalized spacial score (nSPS) is 54.3. The third-order valence-electron chi connectivity index (χ3n) is 3.42. The second-order valence-corrected chi connectivity index (χ2v) is 3.87. The van der Waals surface area contributed by atoms with Gasteiger partial charge in [-0.2, -0.15) is 0 Å². The van der Waals surface area contributed by atoms with E-state index in [0.717, 1.165) is 6.54 Å². The van der Waals surface area contributed by atoms with Crippen LogP contribution in [0.2, 0.25) is 0 Å². The van der Waals surface area contributed by atoms with Crippen molar-refractivity contribution >= 4 is 0 Å². The highest BCUT2D eigenvalue weighted by Gasteiger charge is 2.68. The van der Waals surface area contributed by atoms with Gasteiger partial charge in [-0.05, 0) is 19.4 Å². The summed E-state index contributed by atoms with van der Waals surface area (Å²) in [6.07, 6.45) is 2.86. The largest absolute Gasteiger partial charge is 0.393 e. The van der Waals surface area contributed by atoms with Crippen molar-refractivity contribution in [1.29, 1.82) is 0 Å². The molecule has 0 bridgehead atoms. The SMILES string of the molecule is OC[C@@]12O[C@@H]1CN1CCC[C@H]12. The Bertz CT molecular complexity index is 193. The van der Waals surface area contributed by atoms with Crippen LogP contribution in [0, 0.1) is 0 Å². The zero-order chi connectivity index (χ0) is 7.47. The van der Waals surface area contributed by atoms with Gasteiger partial charge in [-0.1, -0.05) is 0 Å². The van der Waals surface area contributed by atoms with Gasteiger partial charge in [0.2, 0.25) is 0 Å². The van der Waals surface area contributed by atoms with E-state index in [0.29, 0.717) is 12.1 Å². The molecule has 11 heavy (non-hydrogen) atoms. The Hall–Kier alpha value is -0.120. The summed E-state index contributed by atoms with van der Waals surface area (Å²) in [5, 5.41) is 9.16. The van der Waals surface area contributed by atoms with Crippen molar-refractivity contribution < 1.29 is 9.84 Å². The maximum absolute atomic E-state index is 9.16. The number of ether oxygens (including phenoxy) is 1. The fraction of sp³-hybridized carbons (Fsp3) is 1.00. The highest BCUT2D eigenvalue weighted by molar-refractivity contribution is 5.19. The lowest BCUT2D eigenvalue weighted by Gasteiger charge is -2.21. The van der Waals surface area contributed by atoms with Gasteiger partial charge in [0.15, 0.2) is 0 Å². The fourth-order valence-electron chi connectivity index (χ4n) is 2.77. The summed E-state index contributed by atoms with van der Waals surface area (Å²) < 4.78 is 5.51. The minimum absolute atomic E-state index is 0.115. The second kappa shape index (κ2) is 1.79. The van der Waals surface area contributed by atoms with E-state index in [2.05, 4.69) is 4.90 Å². The van der Waals surface area contributed by atoms with Crippen molar-refractivity contribution in [1.82, 2.24) is 4.90 Å². The molecule has 0 spiro atoms. The molecule has 0 aromatic rings. The van der Waals surface area contributed by atoms with Gasteiger partial charge in [0.25, 0.3) is 0 Å². The molecule has 0 aromatic carbocycles. The quantitative estimate of drug-likeness (QED) is 0.523. The molecule has 0 aliphatic carbocycles. The summed E-state index contributed by atoms with van der Waals surface area (Å²) in [7, 11) is 0. The number of hydrogen-bond donors (Lipinski definition) is 1. The molecule has 0 radical (unpaired) electrons. The van der Waals surface area contributed by atoms with Gasteiger partial charge >= 0.3 is 0 Å². The van der Waals surface area contributed by atoms with Gasteiger partial charge in [0.05, 0.1) is 6.61 Å². The van der Waals surface area contributed by atoms with Crippen LogP contribution in [0.1, 0.15) is 12.8 Å². The summed E-state index contributed by atoms with van der Waals surface area (Å²) >= 11 is 0. The fourth-order valence-corrected chi connectivity index (χ4v) is 2.77. The first kappa shape index (κ1) is 6.40. The Kier molecular flexibility index (Phi) is 1.04. The average Bonchev–Trinajstić information content (AvgIpc) is 2.44. The first-order valence-corrected chi connectivity index (χ1v) is 4.39. The maximum atomic E-state index is 9.16. The number of morpholine rings is 1.